The van der Waals surface area contributed by atoms with Gasteiger partial charge in [-0.1, -0.05) is 261 Å². The maximum atomic E-state index is 12.6. The van der Waals surface area contributed by atoms with Gasteiger partial charge in [-0.2, -0.15) is 0 Å². The first-order valence-corrected chi connectivity index (χ1v) is 28.3. The largest absolute Gasteiger partial charge is 0.462 e. The highest BCUT2D eigenvalue weighted by molar-refractivity contribution is 5.71. The van der Waals surface area contributed by atoms with Crippen LogP contribution in [0.25, 0.3) is 0 Å². The third-order valence-electron chi connectivity index (χ3n) is 12.3. The maximum absolute atomic E-state index is 12.6. The second-order valence-electron chi connectivity index (χ2n) is 18.8. The Morgan fingerprint density at radius 2 is 0.591 bits per heavy atom. The van der Waals surface area contributed by atoms with Crippen molar-refractivity contribution in [2.24, 2.45) is 0 Å². The third-order valence-corrected chi connectivity index (χ3v) is 12.3. The van der Waals surface area contributed by atoms with Gasteiger partial charge in [0.05, 0.1) is 0 Å². The van der Waals surface area contributed by atoms with E-state index in [9.17, 15) is 14.4 Å². The smallest absolute Gasteiger partial charge is 0.306 e. The Morgan fingerprint density at radius 3 is 0.924 bits per heavy atom. The van der Waals surface area contributed by atoms with Crippen LogP contribution in [0, 0.1) is 0 Å². The predicted molar refractivity (Wildman–Crippen MR) is 284 cm³/mol. The molecule has 0 aromatic rings. The van der Waals surface area contributed by atoms with Gasteiger partial charge in [0.2, 0.25) is 0 Å². The van der Waals surface area contributed by atoms with Crippen LogP contribution in [0.15, 0.2) is 60.8 Å². The van der Waals surface area contributed by atoms with Crippen molar-refractivity contribution in [3.8, 4) is 0 Å². The van der Waals surface area contributed by atoms with Crippen molar-refractivity contribution in [2.75, 3.05) is 13.2 Å². The summed E-state index contributed by atoms with van der Waals surface area (Å²) in [5.41, 5.74) is 0. The van der Waals surface area contributed by atoms with E-state index in [2.05, 4.69) is 81.5 Å². The average Bonchev–Trinajstić information content (AvgIpc) is 3.31. The topological polar surface area (TPSA) is 78.9 Å². The highest BCUT2D eigenvalue weighted by Crippen LogP contribution is 2.16. The highest BCUT2D eigenvalue weighted by Gasteiger charge is 2.19. The normalized spacial score (nSPS) is 12.5. The van der Waals surface area contributed by atoms with Crippen LogP contribution in [0.1, 0.15) is 284 Å². The number of carbonyl (C=O) groups excluding carboxylic acids is 3. The van der Waals surface area contributed by atoms with Crippen LogP contribution < -0.4 is 0 Å². The fourth-order valence-electron chi connectivity index (χ4n) is 8.06. The molecule has 0 aliphatic carbocycles. The first-order chi connectivity index (χ1) is 32.5. The van der Waals surface area contributed by atoms with Gasteiger partial charge in [0, 0.05) is 19.3 Å². The molecule has 0 amide bonds. The number of rotatable bonds is 51. The molecule has 382 valence electrons. The molecule has 0 heterocycles. The zero-order chi connectivity index (χ0) is 47.9. The summed E-state index contributed by atoms with van der Waals surface area (Å²) in [6.07, 6.45) is 68.7. The van der Waals surface area contributed by atoms with Crippen LogP contribution >= 0.6 is 0 Å². The van der Waals surface area contributed by atoms with E-state index in [1.165, 1.54) is 148 Å². The third kappa shape index (κ3) is 52.1. The number of hydrogen-bond donors (Lipinski definition) is 0. The summed E-state index contributed by atoms with van der Waals surface area (Å²) >= 11 is 0. The standard InChI is InChI=1S/C60H106O6/c1-4-7-10-13-15-17-18-19-20-21-22-23-24-25-26-27-28-29-30-31-32-33-34-35-36-37-38-39-40-41-42-43-45-47-50-53-59(62)65-56-57(55-64-58(61)52-49-46-12-9-6-3)66-60(63)54-51-48-44-16-14-11-8-5-2/h7,10,15,17,19-20,22-23,25-26,57H,4-6,8-9,11-14,16,18,21,24,27-56H2,1-3H3/b10-7-,17-15-,20-19-,23-22-,26-25-. The predicted octanol–water partition coefficient (Wildman–Crippen LogP) is 18.8. The number of carbonyl (C=O) groups is 3. The molecule has 0 rings (SSSR count). The molecule has 6 nitrogen and oxygen atoms in total. The lowest BCUT2D eigenvalue weighted by Gasteiger charge is -2.18. The number of esters is 3. The fourth-order valence-corrected chi connectivity index (χ4v) is 8.06. The van der Waals surface area contributed by atoms with Gasteiger partial charge < -0.3 is 14.2 Å². The van der Waals surface area contributed by atoms with E-state index in [1.54, 1.807) is 0 Å². The molecular weight excluding hydrogens is 817 g/mol. The maximum Gasteiger partial charge on any atom is 0.306 e. The van der Waals surface area contributed by atoms with Crippen LogP contribution in [0.2, 0.25) is 0 Å². The Morgan fingerprint density at radius 1 is 0.318 bits per heavy atom. The van der Waals surface area contributed by atoms with Gasteiger partial charge in [-0.15, -0.1) is 0 Å². The van der Waals surface area contributed by atoms with Gasteiger partial charge in [-0.05, 0) is 64.2 Å². The number of ether oxygens (including phenoxy) is 3. The molecule has 0 saturated heterocycles. The molecule has 0 bridgehead atoms. The molecule has 0 aromatic heterocycles. The Bertz CT molecular complexity index is 1200. The summed E-state index contributed by atoms with van der Waals surface area (Å²) in [6, 6.07) is 0. The Kier molecular flexibility index (Phi) is 52.3. The van der Waals surface area contributed by atoms with Crippen molar-refractivity contribution in [2.45, 2.75) is 290 Å². The molecule has 0 aliphatic rings. The van der Waals surface area contributed by atoms with E-state index in [0.29, 0.717) is 19.3 Å². The van der Waals surface area contributed by atoms with Crippen molar-refractivity contribution in [3.63, 3.8) is 0 Å². The molecule has 1 unspecified atom stereocenters. The summed E-state index contributed by atoms with van der Waals surface area (Å²) < 4.78 is 16.6. The monoisotopic (exact) mass is 923 g/mol. The minimum absolute atomic E-state index is 0.0694. The van der Waals surface area contributed by atoms with E-state index >= 15 is 0 Å². The van der Waals surface area contributed by atoms with Crippen molar-refractivity contribution in [1.29, 1.82) is 0 Å². The second-order valence-corrected chi connectivity index (χ2v) is 18.8. The molecule has 0 N–H and O–H groups in total. The minimum Gasteiger partial charge on any atom is -0.462 e. The summed E-state index contributed by atoms with van der Waals surface area (Å²) in [5, 5.41) is 0. The summed E-state index contributed by atoms with van der Waals surface area (Å²) in [4.78, 5) is 37.5. The van der Waals surface area contributed by atoms with E-state index < -0.39 is 6.10 Å². The number of allylic oxidation sites excluding steroid dienone is 10. The van der Waals surface area contributed by atoms with E-state index in [4.69, 9.17) is 14.2 Å². The van der Waals surface area contributed by atoms with Crippen LogP contribution in [-0.4, -0.2) is 37.2 Å². The van der Waals surface area contributed by atoms with Crippen LogP contribution in [0.3, 0.4) is 0 Å². The second kappa shape index (κ2) is 54.7. The molecular formula is C60H106O6. The van der Waals surface area contributed by atoms with E-state index in [0.717, 1.165) is 96.3 Å². The van der Waals surface area contributed by atoms with Gasteiger partial charge >= 0.3 is 17.9 Å². The van der Waals surface area contributed by atoms with Crippen LogP contribution in [0.4, 0.5) is 0 Å². The number of unbranched alkanes of at least 4 members (excludes halogenated alkanes) is 30. The van der Waals surface area contributed by atoms with Gasteiger partial charge in [0.25, 0.3) is 0 Å². The molecule has 0 saturated carbocycles. The van der Waals surface area contributed by atoms with Crippen LogP contribution in [0.5, 0.6) is 0 Å². The fraction of sp³-hybridized carbons (Fsp3) is 0.783. The number of hydrogen-bond acceptors (Lipinski definition) is 6. The molecule has 0 fully saturated rings. The molecule has 66 heavy (non-hydrogen) atoms. The van der Waals surface area contributed by atoms with Crippen molar-refractivity contribution in [1.82, 2.24) is 0 Å². The summed E-state index contributed by atoms with van der Waals surface area (Å²) in [7, 11) is 0. The summed E-state index contributed by atoms with van der Waals surface area (Å²) in [6.45, 7) is 6.42. The molecule has 0 radical (unpaired) electrons. The van der Waals surface area contributed by atoms with Gasteiger partial charge in [0.1, 0.15) is 13.2 Å². The summed E-state index contributed by atoms with van der Waals surface area (Å²) in [5.74, 6) is -0.880. The molecule has 0 spiro atoms. The average molecular weight is 924 g/mol. The van der Waals surface area contributed by atoms with Crippen molar-refractivity contribution in [3.05, 3.63) is 60.8 Å². The van der Waals surface area contributed by atoms with Crippen LogP contribution in [-0.2, 0) is 28.6 Å². The molecule has 1 atom stereocenters. The minimum atomic E-state index is -0.762. The van der Waals surface area contributed by atoms with Crippen molar-refractivity contribution < 1.29 is 28.6 Å². The molecule has 0 aliphatic heterocycles. The zero-order valence-electron chi connectivity index (χ0n) is 43.7. The first-order valence-electron chi connectivity index (χ1n) is 28.3. The van der Waals surface area contributed by atoms with E-state index in [-0.39, 0.29) is 31.1 Å². The molecule has 0 aromatic carbocycles. The SMILES string of the molecule is CC/C=C\C/C=C\C/C=C\C/C=C\C/C=C\CCCCCCCCCCCCCCCCCCCCCC(=O)OCC(COC(=O)CCCCCCC)OC(=O)CCCCCCCCCC. The first kappa shape index (κ1) is 63.1. The lowest BCUT2D eigenvalue weighted by atomic mass is 10.0. The highest BCUT2D eigenvalue weighted by atomic mass is 16.6. The zero-order valence-corrected chi connectivity index (χ0v) is 43.7. The Balaban J connectivity index is 3.79. The van der Waals surface area contributed by atoms with Gasteiger partial charge in [0.15, 0.2) is 6.10 Å². The Hall–Kier alpha value is -2.89. The van der Waals surface area contributed by atoms with Gasteiger partial charge in [-0.3, -0.25) is 14.4 Å². The lowest BCUT2D eigenvalue weighted by Crippen LogP contribution is -2.30. The lowest BCUT2D eigenvalue weighted by molar-refractivity contribution is -0.167. The van der Waals surface area contributed by atoms with Crippen molar-refractivity contribution >= 4 is 17.9 Å². The quantitative estimate of drug-likeness (QED) is 0.0262. The van der Waals surface area contributed by atoms with Gasteiger partial charge in [-0.25, -0.2) is 0 Å². The molecule has 6 heteroatoms. The Labute approximate surface area is 409 Å². The van der Waals surface area contributed by atoms with E-state index in [1.807, 2.05) is 0 Å².